The highest BCUT2D eigenvalue weighted by atomic mass is 16.5. The van der Waals surface area contributed by atoms with Crippen molar-refractivity contribution < 1.29 is 29.3 Å². The predicted molar refractivity (Wildman–Crippen MR) is 142 cm³/mol. The van der Waals surface area contributed by atoms with Crippen LogP contribution in [0.5, 0.6) is 0 Å². The molecule has 0 saturated carbocycles. The van der Waals surface area contributed by atoms with Crippen molar-refractivity contribution in [3.8, 4) is 0 Å². The number of hydrogen-bond donors (Lipinski definition) is 2. The molecule has 0 aromatic carbocycles. The van der Waals surface area contributed by atoms with E-state index in [-0.39, 0.29) is 36.3 Å². The number of ether oxygens (including phenoxy) is 1. The lowest BCUT2D eigenvalue weighted by Crippen LogP contribution is -2.62. The maximum absolute atomic E-state index is 14.7. The maximum Gasteiger partial charge on any atom is 0.310 e. The first-order valence-electron chi connectivity index (χ1n) is 13.8. The van der Waals surface area contributed by atoms with Crippen molar-refractivity contribution >= 4 is 17.8 Å². The molecule has 2 N–H and O–H groups in total. The number of aliphatic carboxylic acids is 1. The number of fused-ring (bicyclic) bond motifs is 1. The van der Waals surface area contributed by atoms with Crippen LogP contribution in [0.4, 0.5) is 0 Å². The molecule has 3 rings (SSSR count). The van der Waals surface area contributed by atoms with E-state index in [0.717, 1.165) is 0 Å². The normalized spacial score (nSPS) is 32.1. The van der Waals surface area contributed by atoms with Gasteiger partial charge >= 0.3 is 5.97 Å². The molecule has 6 atom stereocenters. The van der Waals surface area contributed by atoms with Gasteiger partial charge in [-0.2, -0.15) is 0 Å². The molecule has 3 aliphatic rings. The monoisotopic (exact) mass is 520 g/mol. The molecule has 8 nitrogen and oxygen atoms in total. The molecule has 2 bridgehead atoms. The Kier molecular flexibility index (Phi) is 8.00. The number of likely N-dealkylation sites (tertiary alicyclic amines) is 1. The van der Waals surface area contributed by atoms with Crippen molar-refractivity contribution in [1.29, 1.82) is 0 Å². The van der Waals surface area contributed by atoms with Crippen molar-refractivity contribution in [2.24, 2.45) is 23.2 Å². The van der Waals surface area contributed by atoms with Crippen LogP contribution in [0.15, 0.2) is 12.7 Å². The minimum absolute atomic E-state index is 0.0660. The fourth-order valence-electron chi connectivity index (χ4n) is 7.83. The molecule has 3 heterocycles. The van der Waals surface area contributed by atoms with Gasteiger partial charge in [-0.1, -0.05) is 47.6 Å². The van der Waals surface area contributed by atoms with Crippen LogP contribution in [0.3, 0.4) is 0 Å². The van der Waals surface area contributed by atoms with E-state index in [1.165, 1.54) is 4.90 Å². The Hall–Kier alpha value is -1.93. The minimum atomic E-state index is -1.23. The second-order valence-electron chi connectivity index (χ2n) is 13.7. The lowest BCUT2D eigenvalue weighted by atomic mass is 9.65. The Bertz CT molecular complexity index is 924. The zero-order chi connectivity index (χ0) is 28.1. The summed E-state index contributed by atoms with van der Waals surface area (Å²) < 4.78 is 6.67. The van der Waals surface area contributed by atoms with E-state index in [0.29, 0.717) is 32.1 Å². The predicted octanol–water partition coefficient (Wildman–Crippen LogP) is 3.86. The van der Waals surface area contributed by atoms with Crippen molar-refractivity contribution in [2.45, 2.75) is 116 Å². The molecule has 0 aromatic heterocycles. The molecule has 0 aliphatic carbocycles. The third-order valence-electron chi connectivity index (χ3n) is 8.74. The van der Waals surface area contributed by atoms with Crippen LogP contribution in [-0.2, 0) is 19.1 Å². The van der Waals surface area contributed by atoms with Gasteiger partial charge in [-0.05, 0) is 57.3 Å². The summed E-state index contributed by atoms with van der Waals surface area (Å²) in [4.78, 5) is 44.8. The number of aliphatic hydroxyl groups excluding tert-OH is 1. The summed E-state index contributed by atoms with van der Waals surface area (Å²) in [7, 11) is 0. The molecule has 3 saturated heterocycles. The first-order chi connectivity index (χ1) is 17.0. The van der Waals surface area contributed by atoms with Gasteiger partial charge in [0.2, 0.25) is 11.8 Å². The molecule has 0 aromatic rings. The molecule has 37 heavy (non-hydrogen) atoms. The highest BCUT2D eigenvalue weighted by Gasteiger charge is 2.79. The smallest absolute Gasteiger partial charge is 0.310 e. The average Bonchev–Trinajstić information content (AvgIpc) is 3.37. The lowest BCUT2D eigenvalue weighted by Gasteiger charge is -2.46. The van der Waals surface area contributed by atoms with Crippen LogP contribution >= 0.6 is 0 Å². The van der Waals surface area contributed by atoms with Crippen LogP contribution in [0.2, 0.25) is 0 Å². The number of rotatable bonds is 11. The zero-order valence-electron chi connectivity index (χ0n) is 24.0. The SMILES string of the molecule is C=CCN(C(=O)C1N([C@@H](CO)CC(C)C)C(=O)[C@@H]2[C@H](C(=O)O)[C@]3(CC)CCC12O3)C(C)(C)CC(C)(C)C. The summed E-state index contributed by atoms with van der Waals surface area (Å²) in [6, 6.07) is -1.61. The van der Waals surface area contributed by atoms with Gasteiger partial charge in [-0.3, -0.25) is 14.4 Å². The summed E-state index contributed by atoms with van der Waals surface area (Å²) in [5.74, 6) is -3.51. The van der Waals surface area contributed by atoms with Gasteiger partial charge < -0.3 is 24.7 Å². The summed E-state index contributed by atoms with van der Waals surface area (Å²) in [6.45, 7) is 20.2. The van der Waals surface area contributed by atoms with Gasteiger partial charge in [0.25, 0.3) is 0 Å². The molecular formula is C29H48N2O6. The summed E-state index contributed by atoms with van der Waals surface area (Å²) in [6.07, 6.45) is 4.29. The van der Waals surface area contributed by atoms with Crippen LogP contribution < -0.4 is 0 Å². The number of nitrogens with zero attached hydrogens (tertiary/aromatic N) is 2. The van der Waals surface area contributed by atoms with Crippen LogP contribution in [0, 0.1) is 23.2 Å². The van der Waals surface area contributed by atoms with Crippen molar-refractivity contribution in [3.05, 3.63) is 12.7 Å². The second-order valence-corrected chi connectivity index (χ2v) is 13.7. The van der Waals surface area contributed by atoms with Gasteiger partial charge in [0.1, 0.15) is 17.6 Å². The van der Waals surface area contributed by atoms with Gasteiger partial charge in [-0.25, -0.2) is 0 Å². The molecule has 2 amide bonds. The van der Waals surface area contributed by atoms with E-state index in [4.69, 9.17) is 4.74 Å². The van der Waals surface area contributed by atoms with Crippen molar-refractivity contribution in [1.82, 2.24) is 9.80 Å². The summed E-state index contributed by atoms with van der Waals surface area (Å²) in [5.41, 5.74) is -2.82. The Morgan fingerprint density at radius 2 is 1.86 bits per heavy atom. The lowest BCUT2D eigenvalue weighted by molar-refractivity contribution is -0.163. The van der Waals surface area contributed by atoms with Crippen molar-refractivity contribution in [2.75, 3.05) is 13.2 Å². The molecule has 3 aliphatic heterocycles. The Labute approximate surface area is 222 Å². The number of hydrogen-bond acceptors (Lipinski definition) is 5. The van der Waals surface area contributed by atoms with Crippen molar-refractivity contribution in [3.63, 3.8) is 0 Å². The largest absolute Gasteiger partial charge is 0.481 e. The van der Waals surface area contributed by atoms with E-state index >= 15 is 0 Å². The quantitative estimate of drug-likeness (QED) is 0.401. The topological polar surface area (TPSA) is 107 Å². The molecule has 8 heteroatoms. The fraction of sp³-hybridized carbons (Fsp3) is 0.828. The number of amides is 2. The summed E-state index contributed by atoms with van der Waals surface area (Å²) in [5, 5.41) is 20.7. The summed E-state index contributed by atoms with van der Waals surface area (Å²) >= 11 is 0. The second kappa shape index (κ2) is 9.99. The Morgan fingerprint density at radius 3 is 2.32 bits per heavy atom. The average molecular weight is 521 g/mol. The van der Waals surface area contributed by atoms with Crippen LogP contribution in [0.25, 0.3) is 0 Å². The fourth-order valence-corrected chi connectivity index (χ4v) is 7.83. The van der Waals surface area contributed by atoms with E-state index in [1.54, 1.807) is 11.0 Å². The number of aliphatic hydroxyl groups is 1. The van der Waals surface area contributed by atoms with Crippen LogP contribution in [-0.4, -0.2) is 79.8 Å². The van der Waals surface area contributed by atoms with E-state index < -0.39 is 46.6 Å². The number of carbonyl (C=O) groups is 3. The molecule has 210 valence electrons. The van der Waals surface area contributed by atoms with Gasteiger partial charge in [0, 0.05) is 12.1 Å². The third-order valence-corrected chi connectivity index (χ3v) is 8.74. The van der Waals surface area contributed by atoms with E-state index in [9.17, 15) is 24.6 Å². The van der Waals surface area contributed by atoms with Gasteiger partial charge in [0.15, 0.2) is 0 Å². The van der Waals surface area contributed by atoms with Crippen LogP contribution in [0.1, 0.15) is 87.5 Å². The number of carbonyl (C=O) groups excluding carboxylic acids is 2. The van der Waals surface area contributed by atoms with Gasteiger partial charge in [0.05, 0.1) is 24.2 Å². The van der Waals surface area contributed by atoms with E-state index in [2.05, 4.69) is 27.4 Å². The number of carboxylic acids is 1. The highest BCUT2D eigenvalue weighted by molar-refractivity contribution is 5.98. The Balaban J connectivity index is 2.19. The first kappa shape index (κ1) is 29.6. The van der Waals surface area contributed by atoms with Gasteiger partial charge in [-0.15, -0.1) is 6.58 Å². The zero-order valence-corrected chi connectivity index (χ0v) is 24.0. The number of carboxylic acid groups (broad SMARTS) is 1. The highest BCUT2D eigenvalue weighted by Crippen LogP contribution is 2.64. The molecular weight excluding hydrogens is 472 g/mol. The maximum atomic E-state index is 14.7. The first-order valence-corrected chi connectivity index (χ1v) is 13.8. The molecule has 0 radical (unpaired) electrons. The Morgan fingerprint density at radius 1 is 1.24 bits per heavy atom. The molecule has 3 fully saturated rings. The molecule has 1 spiro atoms. The minimum Gasteiger partial charge on any atom is -0.481 e. The molecule has 2 unspecified atom stereocenters. The van der Waals surface area contributed by atoms with E-state index in [1.807, 2.05) is 34.6 Å². The third kappa shape index (κ3) is 4.84. The standard InChI is InChI=1S/C29H48N2O6/c1-10-14-30(27(8,9)17-26(5,6)7)24(34)22-29-13-12-28(11-2,37-29)21(25(35)36)20(29)23(33)31(22)19(16-32)15-18(3)4/h10,18-22,32H,1,11-17H2,2-9H3,(H,35,36)/t19-,20+,21-,22?,28+,29?/m1/s1.